The van der Waals surface area contributed by atoms with Gasteiger partial charge in [0.1, 0.15) is 17.5 Å². The predicted octanol–water partition coefficient (Wildman–Crippen LogP) is 2.65. The maximum absolute atomic E-state index is 5.93. The van der Waals surface area contributed by atoms with Crippen LogP contribution in [0.15, 0.2) is 6.07 Å². The average molecular weight is 280 g/mol. The van der Waals surface area contributed by atoms with Gasteiger partial charge in [-0.15, -0.1) is 0 Å². The van der Waals surface area contributed by atoms with Gasteiger partial charge < -0.3 is 15.4 Å². The SMILES string of the molecule is CCCc1nc(N)cc(N(CCOC)C(CC)CC)n1. The van der Waals surface area contributed by atoms with Crippen LogP contribution in [0.5, 0.6) is 0 Å². The summed E-state index contributed by atoms with van der Waals surface area (Å²) < 4.78 is 5.22. The van der Waals surface area contributed by atoms with Gasteiger partial charge in [0.05, 0.1) is 6.61 Å². The Bertz CT molecular complexity index is 393. The van der Waals surface area contributed by atoms with E-state index >= 15 is 0 Å². The van der Waals surface area contributed by atoms with Gasteiger partial charge in [-0.1, -0.05) is 20.8 Å². The summed E-state index contributed by atoms with van der Waals surface area (Å²) in [5.74, 6) is 2.30. The number of hydrogen-bond acceptors (Lipinski definition) is 5. The number of hydrogen-bond donors (Lipinski definition) is 1. The third kappa shape index (κ3) is 4.63. The van der Waals surface area contributed by atoms with E-state index in [1.165, 1.54) is 0 Å². The molecule has 2 N–H and O–H groups in total. The highest BCUT2D eigenvalue weighted by Gasteiger charge is 2.18. The second-order valence-corrected chi connectivity index (χ2v) is 4.97. The number of anilines is 2. The van der Waals surface area contributed by atoms with Gasteiger partial charge in [0.25, 0.3) is 0 Å². The molecule has 0 radical (unpaired) electrons. The normalized spacial score (nSPS) is 11.1. The quantitative estimate of drug-likeness (QED) is 0.753. The Morgan fingerprint density at radius 2 is 1.95 bits per heavy atom. The second-order valence-electron chi connectivity index (χ2n) is 4.97. The molecule has 0 fully saturated rings. The molecule has 5 heteroatoms. The Morgan fingerprint density at radius 1 is 1.25 bits per heavy atom. The molecule has 0 unspecified atom stereocenters. The minimum absolute atomic E-state index is 0.453. The lowest BCUT2D eigenvalue weighted by Gasteiger charge is -2.31. The van der Waals surface area contributed by atoms with Crippen molar-refractivity contribution in [2.45, 2.75) is 52.5 Å². The summed E-state index contributed by atoms with van der Waals surface area (Å²) in [7, 11) is 1.72. The van der Waals surface area contributed by atoms with E-state index < -0.39 is 0 Å². The van der Waals surface area contributed by atoms with Crippen molar-refractivity contribution in [1.82, 2.24) is 9.97 Å². The molecule has 114 valence electrons. The Hall–Kier alpha value is -1.36. The summed E-state index contributed by atoms with van der Waals surface area (Å²) in [6, 6.07) is 2.32. The van der Waals surface area contributed by atoms with E-state index in [2.05, 4.69) is 35.6 Å². The molecule has 0 aliphatic rings. The van der Waals surface area contributed by atoms with Crippen molar-refractivity contribution >= 4 is 11.6 Å². The van der Waals surface area contributed by atoms with Crippen LogP contribution in [0.25, 0.3) is 0 Å². The molecule has 20 heavy (non-hydrogen) atoms. The van der Waals surface area contributed by atoms with Gasteiger partial charge in [-0.3, -0.25) is 0 Å². The van der Waals surface area contributed by atoms with E-state index in [-0.39, 0.29) is 0 Å². The van der Waals surface area contributed by atoms with Crippen LogP contribution in [0.4, 0.5) is 11.6 Å². The first-order valence-electron chi connectivity index (χ1n) is 7.55. The van der Waals surface area contributed by atoms with E-state index in [0.717, 1.165) is 43.9 Å². The third-order valence-corrected chi connectivity index (χ3v) is 3.47. The highest BCUT2D eigenvalue weighted by atomic mass is 16.5. The van der Waals surface area contributed by atoms with Crippen molar-refractivity contribution in [2.24, 2.45) is 0 Å². The van der Waals surface area contributed by atoms with Crippen molar-refractivity contribution < 1.29 is 4.74 Å². The van der Waals surface area contributed by atoms with E-state index in [4.69, 9.17) is 10.5 Å². The molecular weight excluding hydrogens is 252 g/mol. The summed E-state index contributed by atoms with van der Waals surface area (Å²) >= 11 is 0. The second kappa shape index (κ2) is 8.74. The number of nitrogen functional groups attached to an aromatic ring is 1. The molecule has 5 nitrogen and oxygen atoms in total. The van der Waals surface area contributed by atoms with Crippen molar-refractivity contribution in [3.8, 4) is 0 Å². The van der Waals surface area contributed by atoms with Crippen molar-refractivity contribution in [2.75, 3.05) is 30.9 Å². The Balaban J connectivity index is 3.04. The average Bonchev–Trinajstić information content (AvgIpc) is 2.43. The third-order valence-electron chi connectivity index (χ3n) is 3.47. The standard InChI is InChI=1S/C15H28N4O/c1-5-8-14-17-13(16)11-15(18-14)19(9-10-20-4)12(6-2)7-3/h11-12H,5-10H2,1-4H3,(H2,16,17,18). The minimum Gasteiger partial charge on any atom is -0.384 e. The monoisotopic (exact) mass is 280 g/mol. The van der Waals surface area contributed by atoms with E-state index in [1.54, 1.807) is 7.11 Å². The molecule has 0 spiro atoms. The van der Waals surface area contributed by atoms with E-state index in [9.17, 15) is 0 Å². The topological polar surface area (TPSA) is 64.3 Å². The molecular formula is C15H28N4O. The van der Waals surface area contributed by atoms with Crippen molar-refractivity contribution in [3.05, 3.63) is 11.9 Å². The zero-order valence-corrected chi connectivity index (χ0v) is 13.2. The highest BCUT2D eigenvalue weighted by molar-refractivity contribution is 5.48. The molecule has 1 heterocycles. The summed E-state index contributed by atoms with van der Waals surface area (Å²) in [5.41, 5.74) is 5.93. The number of nitrogens with two attached hydrogens (primary N) is 1. The molecule has 0 saturated carbocycles. The molecule has 1 aromatic rings. The molecule has 0 saturated heterocycles. The highest BCUT2D eigenvalue weighted by Crippen LogP contribution is 2.20. The first-order chi connectivity index (χ1) is 9.65. The van der Waals surface area contributed by atoms with Crippen LogP contribution in [0.1, 0.15) is 45.9 Å². The molecule has 0 amide bonds. The molecule has 0 aromatic carbocycles. The Labute approximate surface area is 122 Å². The van der Waals surface area contributed by atoms with Crippen LogP contribution in [-0.2, 0) is 11.2 Å². The van der Waals surface area contributed by atoms with Gasteiger partial charge in [0.2, 0.25) is 0 Å². The Kier molecular flexibility index (Phi) is 7.30. The van der Waals surface area contributed by atoms with Gasteiger partial charge in [-0.05, 0) is 19.3 Å². The Morgan fingerprint density at radius 3 is 2.50 bits per heavy atom. The number of nitrogens with zero attached hydrogens (tertiary/aromatic N) is 3. The lowest BCUT2D eigenvalue weighted by Crippen LogP contribution is -2.38. The van der Waals surface area contributed by atoms with Crippen LogP contribution in [0, 0.1) is 0 Å². The summed E-state index contributed by atoms with van der Waals surface area (Å²) in [5, 5.41) is 0. The number of rotatable bonds is 9. The van der Waals surface area contributed by atoms with Crippen molar-refractivity contribution in [1.29, 1.82) is 0 Å². The lowest BCUT2D eigenvalue weighted by atomic mass is 10.1. The summed E-state index contributed by atoms with van der Waals surface area (Å²) in [6.45, 7) is 8.03. The molecule has 1 rings (SSSR count). The fraction of sp³-hybridized carbons (Fsp3) is 0.733. The van der Waals surface area contributed by atoms with Crippen molar-refractivity contribution in [3.63, 3.8) is 0 Å². The van der Waals surface area contributed by atoms with Crippen LogP contribution in [-0.4, -0.2) is 36.3 Å². The summed E-state index contributed by atoms with van der Waals surface area (Å²) in [4.78, 5) is 11.3. The van der Waals surface area contributed by atoms with Crippen LogP contribution >= 0.6 is 0 Å². The van der Waals surface area contributed by atoms with E-state index in [1.807, 2.05) is 6.07 Å². The van der Waals surface area contributed by atoms with Gasteiger partial charge in [-0.2, -0.15) is 0 Å². The molecule has 0 atom stereocenters. The largest absolute Gasteiger partial charge is 0.384 e. The summed E-state index contributed by atoms with van der Waals surface area (Å²) in [6.07, 6.45) is 4.03. The van der Waals surface area contributed by atoms with Crippen LogP contribution in [0.2, 0.25) is 0 Å². The first-order valence-corrected chi connectivity index (χ1v) is 7.55. The van der Waals surface area contributed by atoms with Gasteiger partial charge in [-0.25, -0.2) is 9.97 Å². The van der Waals surface area contributed by atoms with E-state index in [0.29, 0.717) is 18.5 Å². The fourth-order valence-corrected chi connectivity index (χ4v) is 2.39. The smallest absolute Gasteiger partial charge is 0.134 e. The number of aryl methyl sites for hydroxylation is 1. The number of ether oxygens (including phenoxy) is 1. The lowest BCUT2D eigenvalue weighted by molar-refractivity contribution is 0.202. The van der Waals surface area contributed by atoms with Gasteiger partial charge >= 0.3 is 0 Å². The molecule has 1 aromatic heterocycles. The van der Waals surface area contributed by atoms with Gasteiger partial charge in [0.15, 0.2) is 0 Å². The maximum Gasteiger partial charge on any atom is 0.134 e. The number of aromatic nitrogens is 2. The molecule has 0 aliphatic heterocycles. The number of methoxy groups -OCH3 is 1. The molecule has 0 bridgehead atoms. The minimum atomic E-state index is 0.453. The fourth-order valence-electron chi connectivity index (χ4n) is 2.39. The zero-order valence-electron chi connectivity index (χ0n) is 13.2. The van der Waals surface area contributed by atoms with Crippen LogP contribution < -0.4 is 10.6 Å². The first kappa shape index (κ1) is 16.7. The maximum atomic E-state index is 5.93. The van der Waals surface area contributed by atoms with Gasteiger partial charge in [0, 0.05) is 32.2 Å². The zero-order chi connectivity index (χ0) is 15.0. The predicted molar refractivity (Wildman–Crippen MR) is 84.0 cm³/mol. The van der Waals surface area contributed by atoms with Crippen LogP contribution in [0.3, 0.4) is 0 Å². The molecule has 0 aliphatic carbocycles.